The molecule has 31 heavy (non-hydrogen) atoms. The molecule has 2 aliphatic heterocycles. The number of methoxy groups -OCH3 is 1. The number of carbonyl (C=O) groups excluding carboxylic acids is 1. The van der Waals surface area contributed by atoms with Crippen LogP contribution in [0.1, 0.15) is 50.3 Å². The molecule has 0 aromatic heterocycles. The highest BCUT2D eigenvalue weighted by molar-refractivity contribution is 5.79. The molecule has 2 aromatic carbocycles. The van der Waals surface area contributed by atoms with Gasteiger partial charge in [0.05, 0.1) is 13.2 Å². The van der Waals surface area contributed by atoms with Crippen LogP contribution in [0.15, 0.2) is 42.5 Å². The van der Waals surface area contributed by atoms with Crippen LogP contribution in [0.25, 0.3) is 0 Å². The van der Waals surface area contributed by atoms with Crippen LogP contribution < -0.4 is 14.8 Å². The van der Waals surface area contributed by atoms with Crippen molar-refractivity contribution in [2.45, 2.75) is 51.3 Å². The fourth-order valence-electron chi connectivity index (χ4n) is 4.60. The number of hydrogen-bond acceptors (Lipinski definition) is 4. The van der Waals surface area contributed by atoms with Crippen molar-refractivity contribution in [2.24, 2.45) is 5.92 Å². The first-order chi connectivity index (χ1) is 14.8. The van der Waals surface area contributed by atoms with Crippen LogP contribution in [0.3, 0.4) is 0 Å². The molecule has 1 amide bonds. The predicted molar refractivity (Wildman–Crippen MR) is 118 cm³/mol. The number of fused-ring (bicyclic) bond motifs is 1. The summed E-state index contributed by atoms with van der Waals surface area (Å²) in [5, 5.41) is 3.27. The number of nitrogens with zero attached hydrogens (tertiary/aromatic N) is 1. The molecular formula is C25H31FN2O3. The van der Waals surface area contributed by atoms with E-state index in [-0.39, 0.29) is 29.3 Å². The summed E-state index contributed by atoms with van der Waals surface area (Å²) in [5.74, 6) is 1.41. The number of piperidine rings is 1. The molecular weight excluding hydrogens is 395 g/mol. The zero-order valence-corrected chi connectivity index (χ0v) is 18.5. The van der Waals surface area contributed by atoms with Crippen LogP contribution in [0.4, 0.5) is 4.39 Å². The number of hydrogen-bond donors (Lipinski definition) is 1. The van der Waals surface area contributed by atoms with E-state index in [0.717, 1.165) is 43.0 Å². The van der Waals surface area contributed by atoms with Crippen LogP contribution in [0.5, 0.6) is 11.5 Å². The molecule has 2 aromatic rings. The Kier molecular flexibility index (Phi) is 6.19. The molecule has 4 rings (SSSR count). The second-order valence-electron chi connectivity index (χ2n) is 9.17. The summed E-state index contributed by atoms with van der Waals surface area (Å²) in [4.78, 5) is 15.3. The van der Waals surface area contributed by atoms with E-state index < -0.39 is 0 Å². The van der Waals surface area contributed by atoms with Crippen LogP contribution in [0, 0.1) is 11.7 Å². The number of carbonyl (C=O) groups is 1. The molecule has 0 spiro atoms. The van der Waals surface area contributed by atoms with Crippen LogP contribution in [-0.2, 0) is 11.3 Å². The average Bonchev–Trinajstić information content (AvgIpc) is 2.74. The van der Waals surface area contributed by atoms with Crippen molar-refractivity contribution in [1.82, 2.24) is 10.2 Å². The molecule has 0 radical (unpaired) electrons. The van der Waals surface area contributed by atoms with Gasteiger partial charge in [0.2, 0.25) is 5.91 Å². The lowest BCUT2D eigenvalue weighted by molar-refractivity contribution is -0.127. The van der Waals surface area contributed by atoms with Crippen molar-refractivity contribution in [2.75, 3.05) is 20.2 Å². The van der Waals surface area contributed by atoms with Gasteiger partial charge in [-0.15, -0.1) is 0 Å². The van der Waals surface area contributed by atoms with E-state index in [1.807, 2.05) is 44.2 Å². The van der Waals surface area contributed by atoms with Gasteiger partial charge in [0.25, 0.3) is 0 Å². The van der Waals surface area contributed by atoms with Gasteiger partial charge >= 0.3 is 0 Å². The van der Waals surface area contributed by atoms with E-state index in [0.29, 0.717) is 18.5 Å². The fraction of sp³-hybridized carbons (Fsp3) is 0.480. The predicted octanol–water partition coefficient (Wildman–Crippen LogP) is 4.46. The molecule has 166 valence electrons. The van der Waals surface area contributed by atoms with Crippen LogP contribution in [-0.4, -0.2) is 36.6 Å². The fourth-order valence-corrected chi connectivity index (χ4v) is 4.60. The van der Waals surface area contributed by atoms with Gasteiger partial charge in [-0.25, -0.2) is 4.39 Å². The summed E-state index contributed by atoms with van der Waals surface area (Å²) in [7, 11) is 1.63. The summed E-state index contributed by atoms with van der Waals surface area (Å²) < 4.78 is 25.4. The standard InChI is InChI=1S/C25H31FN2O3/c1-25(2)15-22(20-9-8-19(30-3)14-23(20)31-25)27-24(29)17-10-12-28(13-11-17)16-18-6-4-5-7-21(18)26/h4-9,14,17,22H,10-13,15-16H2,1-3H3,(H,27,29). The number of nitrogens with one attached hydrogen (secondary N) is 1. The zero-order valence-electron chi connectivity index (χ0n) is 18.5. The molecule has 2 aliphatic rings. The third-order valence-electron chi connectivity index (χ3n) is 6.30. The molecule has 2 heterocycles. The Morgan fingerprint density at radius 1 is 1.23 bits per heavy atom. The molecule has 1 N–H and O–H groups in total. The van der Waals surface area contributed by atoms with E-state index in [2.05, 4.69) is 10.2 Å². The normalized spacial score (nSPS) is 21.1. The summed E-state index contributed by atoms with van der Waals surface area (Å²) in [6, 6.07) is 12.6. The summed E-state index contributed by atoms with van der Waals surface area (Å²) in [5.41, 5.74) is 1.33. The maximum absolute atomic E-state index is 13.9. The molecule has 6 heteroatoms. The van der Waals surface area contributed by atoms with Crippen LogP contribution >= 0.6 is 0 Å². The second-order valence-corrected chi connectivity index (χ2v) is 9.17. The van der Waals surface area contributed by atoms with Gasteiger partial charge in [-0.1, -0.05) is 18.2 Å². The largest absolute Gasteiger partial charge is 0.497 e. The minimum absolute atomic E-state index is 0.0236. The van der Waals surface area contributed by atoms with Gasteiger partial charge in [-0.05, 0) is 58.0 Å². The number of likely N-dealkylation sites (tertiary alicyclic amines) is 1. The quantitative estimate of drug-likeness (QED) is 0.767. The Hall–Kier alpha value is -2.60. The number of benzene rings is 2. The highest BCUT2D eigenvalue weighted by Crippen LogP contribution is 2.41. The minimum atomic E-state index is -0.375. The van der Waals surface area contributed by atoms with Gasteiger partial charge in [-0.2, -0.15) is 0 Å². The van der Waals surface area contributed by atoms with Gasteiger partial charge in [0, 0.05) is 36.1 Å². The maximum atomic E-state index is 13.9. The summed E-state index contributed by atoms with van der Waals surface area (Å²) in [6.45, 7) is 6.24. The van der Waals surface area contributed by atoms with E-state index in [1.54, 1.807) is 13.2 Å². The Morgan fingerprint density at radius 3 is 2.68 bits per heavy atom. The Morgan fingerprint density at radius 2 is 1.97 bits per heavy atom. The van der Waals surface area contributed by atoms with Gasteiger partial charge < -0.3 is 14.8 Å². The molecule has 1 unspecified atom stereocenters. The van der Waals surface area contributed by atoms with Crippen molar-refractivity contribution in [3.63, 3.8) is 0 Å². The summed E-state index contributed by atoms with van der Waals surface area (Å²) in [6.07, 6.45) is 2.27. The molecule has 1 atom stereocenters. The summed E-state index contributed by atoms with van der Waals surface area (Å²) >= 11 is 0. The van der Waals surface area contributed by atoms with Crippen molar-refractivity contribution >= 4 is 5.91 Å². The average molecular weight is 427 g/mol. The molecule has 5 nitrogen and oxygen atoms in total. The molecule has 1 fully saturated rings. The molecule has 0 bridgehead atoms. The highest BCUT2D eigenvalue weighted by atomic mass is 19.1. The molecule has 0 saturated carbocycles. The van der Waals surface area contributed by atoms with Crippen LogP contribution in [0.2, 0.25) is 0 Å². The Labute approximate surface area is 183 Å². The van der Waals surface area contributed by atoms with Crippen molar-refractivity contribution < 1.29 is 18.7 Å². The molecule has 0 aliphatic carbocycles. The smallest absolute Gasteiger partial charge is 0.223 e. The third-order valence-corrected chi connectivity index (χ3v) is 6.30. The van der Waals surface area contributed by atoms with E-state index >= 15 is 0 Å². The second kappa shape index (κ2) is 8.87. The topological polar surface area (TPSA) is 50.8 Å². The van der Waals surface area contributed by atoms with Crippen molar-refractivity contribution in [3.8, 4) is 11.5 Å². The number of halogens is 1. The van der Waals surface area contributed by atoms with E-state index in [4.69, 9.17) is 9.47 Å². The highest BCUT2D eigenvalue weighted by Gasteiger charge is 2.36. The number of rotatable bonds is 5. The van der Waals surface area contributed by atoms with Gasteiger partial charge in [-0.3, -0.25) is 9.69 Å². The van der Waals surface area contributed by atoms with E-state index in [9.17, 15) is 9.18 Å². The third kappa shape index (κ3) is 5.01. The number of amides is 1. The monoisotopic (exact) mass is 426 g/mol. The molecule has 1 saturated heterocycles. The number of ether oxygens (including phenoxy) is 2. The first-order valence-electron chi connectivity index (χ1n) is 11.0. The van der Waals surface area contributed by atoms with E-state index in [1.165, 1.54) is 6.07 Å². The first kappa shape index (κ1) is 21.6. The van der Waals surface area contributed by atoms with Gasteiger partial charge in [0.1, 0.15) is 22.9 Å². The van der Waals surface area contributed by atoms with Crippen molar-refractivity contribution in [3.05, 3.63) is 59.4 Å². The maximum Gasteiger partial charge on any atom is 0.223 e. The zero-order chi connectivity index (χ0) is 22.0. The SMILES string of the molecule is COc1ccc2c(c1)OC(C)(C)CC2NC(=O)C1CCN(Cc2ccccc2F)CC1. The van der Waals surface area contributed by atoms with Crippen molar-refractivity contribution in [1.29, 1.82) is 0 Å². The first-order valence-corrected chi connectivity index (χ1v) is 11.0. The lowest BCUT2D eigenvalue weighted by atomic mass is 9.88. The lowest BCUT2D eigenvalue weighted by Gasteiger charge is -2.39. The lowest BCUT2D eigenvalue weighted by Crippen LogP contribution is -2.45. The Balaban J connectivity index is 1.37. The van der Waals surface area contributed by atoms with Gasteiger partial charge in [0.15, 0.2) is 0 Å². The minimum Gasteiger partial charge on any atom is -0.497 e. The Bertz CT molecular complexity index is 938.